The number of amides is 1. The third kappa shape index (κ3) is 4.06. The number of ether oxygens (including phenoxy) is 1. The van der Waals surface area contributed by atoms with Gasteiger partial charge in [0.05, 0.1) is 18.2 Å². The molecule has 5 rings (SSSR count). The molecule has 1 heterocycles. The minimum Gasteiger partial charge on any atom is -0.507 e. The number of carbonyl (C=O) groups is 2. The van der Waals surface area contributed by atoms with Gasteiger partial charge in [0.2, 0.25) is 0 Å². The average Bonchev–Trinajstić information content (AvgIpc) is 3.14. The van der Waals surface area contributed by atoms with Crippen molar-refractivity contribution >= 4 is 33.9 Å². The molecule has 4 aromatic rings. The van der Waals surface area contributed by atoms with Gasteiger partial charge < -0.3 is 9.84 Å². The summed E-state index contributed by atoms with van der Waals surface area (Å²) in [6, 6.07) is 27.2. The van der Waals surface area contributed by atoms with Gasteiger partial charge in [0, 0.05) is 11.3 Å². The second-order valence-corrected chi connectivity index (χ2v) is 8.57. The Morgan fingerprint density at radius 3 is 2.26 bits per heavy atom. The highest BCUT2D eigenvalue weighted by Crippen LogP contribution is 2.42. The second kappa shape index (κ2) is 9.11. The Labute approximate surface area is 203 Å². The zero-order valence-electron chi connectivity index (χ0n) is 19.6. The third-order valence-corrected chi connectivity index (χ3v) is 6.29. The first kappa shape index (κ1) is 22.4. The summed E-state index contributed by atoms with van der Waals surface area (Å²) in [7, 11) is 0. The van der Waals surface area contributed by atoms with Crippen molar-refractivity contribution in [1.82, 2.24) is 0 Å². The summed E-state index contributed by atoms with van der Waals surface area (Å²) in [5, 5.41) is 13.4. The van der Waals surface area contributed by atoms with E-state index < -0.39 is 17.7 Å². The molecule has 0 saturated carbocycles. The van der Waals surface area contributed by atoms with E-state index in [1.165, 1.54) is 4.90 Å². The van der Waals surface area contributed by atoms with Gasteiger partial charge in [-0.1, -0.05) is 66.2 Å². The van der Waals surface area contributed by atoms with Crippen LogP contribution in [0.25, 0.3) is 16.5 Å². The van der Waals surface area contributed by atoms with Gasteiger partial charge in [-0.15, -0.1) is 0 Å². The van der Waals surface area contributed by atoms with Crippen LogP contribution in [-0.2, 0) is 9.59 Å². The zero-order chi connectivity index (χ0) is 24.5. The summed E-state index contributed by atoms with van der Waals surface area (Å²) in [4.78, 5) is 28.1. The van der Waals surface area contributed by atoms with E-state index in [4.69, 9.17) is 4.74 Å². The van der Waals surface area contributed by atoms with Crippen molar-refractivity contribution in [3.05, 3.63) is 113 Å². The fourth-order valence-electron chi connectivity index (χ4n) is 4.52. The van der Waals surface area contributed by atoms with Crippen molar-refractivity contribution in [1.29, 1.82) is 0 Å². The number of hydrogen-bond acceptors (Lipinski definition) is 4. The molecule has 0 aromatic heterocycles. The number of ketones is 1. The first-order valence-corrected chi connectivity index (χ1v) is 11.6. The van der Waals surface area contributed by atoms with Crippen molar-refractivity contribution < 1.29 is 19.4 Å². The number of Topliss-reactive ketones (excluding diaryl/α,β-unsaturated/α-hetero) is 1. The van der Waals surface area contributed by atoms with Crippen LogP contribution < -0.4 is 9.64 Å². The highest BCUT2D eigenvalue weighted by molar-refractivity contribution is 6.51. The summed E-state index contributed by atoms with van der Waals surface area (Å²) in [6.07, 6.45) is 0. The van der Waals surface area contributed by atoms with Gasteiger partial charge in [0.1, 0.15) is 11.5 Å². The maximum absolute atomic E-state index is 13.4. The molecule has 0 bridgehead atoms. The molecule has 1 unspecified atom stereocenters. The first-order valence-electron chi connectivity index (χ1n) is 11.6. The molecule has 1 fully saturated rings. The molecule has 0 spiro atoms. The normalized spacial score (nSPS) is 17.2. The lowest BCUT2D eigenvalue weighted by molar-refractivity contribution is -0.132. The molecule has 1 aliphatic heterocycles. The SMILES string of the molecule is CCOc1ccc(C2/C(=C(/O)c3ccc4ccccc4c3)C(=O)C(=O)N2c2ccc(C)cc2)cc1. The van der Waals surface area contributed by atoms with Crippen LogP contribution in [0.3, 0.4) is 0 Å². The Morgan fingerprint density at radius 2 is 1.57 bits per heavy atom. The molecular weight excluding hydrogens is 438 g/mol. The molecule has 174 valence electrons. The molecule has 35 heavy (non-hydrogen) atoms. The molecule has 1 atom stereocenters. The van der Waals surface area contributed by atoms with Crippen LogP contribution in [0.4, 0.5) is 5.69 Å². The maximum Gasteiger partial charge on any atom is 0.300 e. The topological polar surface area (TPSA) is 66.8 Å². The predicted octanol–water partition coefficient (Wildman–Crippen LogP) is 6.17. The van der Waals surface area contributed by atoms with E-state index in [0.717, 1.165) is 16.3 Å². The monoisotopic (exact) mass is 463 g/mol. The Balaban J connectivity index is 1.69. The van der Waals surface area contributed by atoms with Crippen molar-refractivity contribution in [3.63, 3.8) is 0 Å². The van der Waals surface area contributed by atoms with Crippen LogP contribution in [0.1, 0.15) is 29.7 Å². The Morgan fingerprint density at radius 1 is 0.886 bits per heavy atom. The second-order valence-electron chi connectivity index (χ2n) is 8.57. The van der Waals surface area contributed by atoms with Crippen LogP contribution in [0.15, 0.2) is 96.6 Å². The van der Waals surface area contributed by atoms with E-state index in [2.05, 4.69) is 0 Å². The minimum atomic E-state index is -0.778. The predicted molar refractivity (Wildman–Crippen MR) is 138 cm³/mol. The van der Waals surface area contributed by atoms with Gasteiger partial charge in [-0.3, -0.25) is 14.5 Å². The van der Waals surface area contributed by atoms with Gasteiger partial charge in [0.25, 0.3) is 11.7 Å². The Kier molecular flexibility index (Phi) is 5.83. The Hall–Kier alpha value is -4.38. The number of aliphatic hydroxyl groups is 1. The number of aryl methyl sites for hydroxylation is 1. The van der Waals surface area contributed by atoms with Gasteiger partial charge in [-0.2, -0.15) is 0 Å². The highest BCUT2D eigenvalue weighted by Gasteiger charge is 2.47. The van der Waals surface area contributed by atoms with Crippen LogP contribution in [0, 0.1) is 6.92 Å². The van der Waals surface area contributed by atoms with E-state index in [9.17, 15) is 14.7 Å². The summed E-state index contributed by atoms with van der Waals surface area (Å²) < 4.78 is 5.57. The van der Waals surface area contributed by atoms with Crippen LogP contribution in [0.5, 0.6) is 5.75 Å². The summed E-state index contributed by atoms with van der Waals surface area (Å²) in [5.41, 5.74) is 2.89. The quantitative estimate of drug-likeness (QED) is 0.218. The van der Waals surface area contributed by atoms with Gasteiger partial charge in [-0.25, -0.2) is 0 Å². The summed E-state index contributed by atoms with van der Waals surface area (Å²) >= 11 is 0. The molecule has 5 nitrogen and oxygen atoms in total. The standard InChI is InChI=1S/C30H25NO4/c1-3-35-25-16-12-21(13-17-25)27-26(28(32)23-11-10-20-6-4-5-7-22(20)18-23)29(33)30(34)31(27)24-14-8-19(2)9-15-24/h4-18,27,32H,3H2,1-2H3/b28-26-. The summed E-state index contributed by atoms with van der Waals surface area (Å²) in [5.74, 6) is -0.883. The van der Waals surface area contributed by atoms with E-state index >= 15 is 0 Å². The number of nitrogens with zero attached hydrogens (tertiary/aromatic N) is 1. The first-order chi connectivity index (χ1) is 17.0. The zero-order valence-corrected chi connectivity index (χ0v) is 19.6. The van der Waals surface area contributed by atoms with Crippen molar-refractivity contribution in [2.45, 2.75) is 19.9 Å². The minimum absolute atomic E-state index is 0.0648. The number of hydrogen-bond donors (Lipinski definition) is 1. The summed E-state index contributed by atoms with van der Waals surface area (Å²) in [6.45, 7) is 4.40. The molecule has 0 radical (unpaired) electrons. The van der Waals surface area contributed by atoms with Crippen molar-refractivity contribution in [2.75, 3.05) is 11.5 Å². The lowest BCUT2D eigenvalue weighted by Gasteiger charge is -2.25. The van der Waals surface area contributed by atoms with E-state index in [1.54, 1.807) is 6.07 Å². The number of aliphatic hydroxyl groups excluding tert-OH is 1. The number of fused-ring (bicyclic) bond motifs is 1. The Bertz CT molecular complexity index is 1450. The largest absolute Gasteiger partial charge is 0.507 e. The molecule has 4 aromatic carbocycles. The molecule has 1 saturated heterocycles. The van der Waals surface area contributed by atoms with E-state index in [-0.39, 0.29) is 11.3 Å². The smallest absolute Gasteiger partial charge is 0.300 e. The molecule has 5 heteroatoms. The van der Waals surface area contributed by atoms with Crippen molar-refractivity contribution in [3.8, 4) is 5.75 Å². The average molecular weight is 464 g/mol. The number of benzene rings is 4. The van der Waals surface area contributed by atoms with E-state index in [0.29, 0.717) is 29.2 Å². The van der Waals surface area contributed by atoms with Gasteiger partial charge in [-0.05, 0) is 60.5 Å². The number of carbonyl (C=O) groups excluding carboxylic acids is 2. The van der Waals surface area contributed by atoms with Gasteiger partial charge >= 0.3 is 0 Å². The lowest BCUT2D eigenvalue weighted by Crippen LogP contribution is -2.29. The molecule has 1 amide bonds. The third-order valence-electron chi connectivity index (χ3n) is 6.29. The molecule has 1 aliphatic rings. The fraction of sp³-hybridized carbons (Fsp3) is 0.133. The lowest BCUT2D eigenvalue weighted by atomic mass is 9.94. The van der Waals surface area contributed by atoms with Crippen LogP contribution in [-0.4, -0.2) is 23.4 Å². The highest BCUT2D eigenvalue weighted by atomic mass is 16.5. The number of anilines is 1. The van der Waals surface area contributed by atoms with Crippen LogP contribution >= 0.6 is 0 Å². The van der Waals surface area contributed by atoms with Gasteiger partial charge in [0.15, 0.2) is 0 Å². The van der Waals surface area contributed by atoms with Crippen LogP contribution in [0.2, 0.25) is 0 Å². The molecule has 0 aliphatic carbocycles. The fourth-order valence-corrected chi connectivity index (χ4v) is 4.52. The van der Waals surface area contributed by atoms with Crippen molar-refractivity contribution in [2.24, 2.45) is 0 Å². The molecule has 1 N–H and O–H groups in total. The number of rotatable bonds is 5. The maximum atomic E-state index is 13.4. The van der Waals surface area contributed by atoms with E-state index in [1.807, 2.05) is 98.8 Å². The molecular formula is C30H25NO4.